The van der Waals surface area contributed by atoms with Crippen LogP contribution >= 0.6 is 15.9 Å². The van der Waals surface area contributed by atoms with Crippen LogP contribution in [0.5, 0.6) is 0 Å². The average Bonchev–Trinajstić information content (AvgIpc) is 2.49. The van der Waals surface area contributed by atoms with E-state index in [4.69, 9.17) is 0 Å². The molecule has 0 aliphatic carbocycles. The van der Waals surface area contributed by atoms with Crippen LogP contribution in [0.4, 0.5) is 0 Å². The number of aliphatic hydroxyl groups is 1. The van der Waals surface area contributed by atoms with Gasteiger partial charge in [0.15, 0.2) is 0 Å². The van der Waals surface area contributed by atoms with Crippen LogP contribution in [0.1, 0.15) is 17.2 Å². The Morgan fingerprint density at radius 1 is 1.05 bits per heavy atom. The van der Waals surface area contributed by atoms with Gasteiger partial charge in [-0.25, -0.2) is 0 Å². The van der Waals surface area contributed by atoms with Gasteiger partial charge in [-0.15, -0.1) is 0 Å². The predicted octanol–water partition coefficient (Wildman–Crippen LogP) is 4.27. The van der Waals surface area contributed by atoms with Gasteiger partial charge in [-0.1, -0.05) is 46.3 Å². The molecular formula is C17H14BrNO. The summed E-state index contributed by atoms with van der Waals surface area (Å²) in [4.78, 5) is 4.39. The van der Waals surface area contributed by atoms with Gasteiger partial charge in [-0.05, 0) is 35.4 Å². The Hall–Kier alpha value is -1.71. The summed E-state index contributed by atoms with van der Waals surface area (Å²) in [6.45, 7) is 0. The third-order valence-electron chi connectivity index (χ3n) is 3.34. The molecule has 3 heteroatoms. The van der Waals surface area contributed by atoms with Crippen molar-refractivity contribution in [3.63, 3.8) is 0 Å². The molecule has 1 aromatic heterocycles. The molecule has 0 saturated carbocycles. The molecule has 0 spiro atoms. The summed E-state index contributed by atoms with van der Waals surface area (Å²) in [5, 5.41) is 11.4. The molecule has 0 amide bonds. The van der Waals surface area contributed by atoms with Crippen molar-refractivity contribution in [1.29, 1.82) is 0 Å². The van der Waals surface area contributed by atoms with Crippen molar-refractivity contribution in [3.8, 4) is 0 Å². The number of hydrogen-bond donors (Lipinski definition) is 1. The number of fused-ring (bicyclic) bond motifs is 1. The number of aliphatic hydroxyl groups excluding tert-OH is 1. The van der Waals surface area contributed by atoms with Gasteiger partial charge >= 0.3 is 0 Å². The van der Waals surface area contributed by atoms with Gasteiger partial charge in [0.25, 0.3) is 0 Å². The first-order valence-corrected chi connectivity index (χ1v) is 7.29. The fraction of sp³-hybridized carbons (Fsp3) is 0.118. The molecule has 3 aromatic rings. The first kappa shape index (κ1) is 13.3. The van der Waals surface area contributed by atoms with E-state index in [1.807, 2.05) is 54.6 Å². The van der Waals surface area contributed by atoms with E-state index in [0.29, 0.717) is 6.42 Å². The predicted molar refractivity (Wildman–Crippen MR) is 84.5 cm³/mol. The molecule has 0 radical (unpaired) electrons. The second kappa shape index (κ2) is 5.73. The molecule has 1 N–H and O–H groups in total. The van der Waals surface area contributed by atoms with Crippen LogP contribution in [0.25, 0.3) is 10.9 Å². The monoisotopic (exact) mass is 327 g/mol. The van der Waals surface area contributed by atoms with Crippen LogP contribution < -0.4 is 0 Å². The van der Waals surface area contributed by atoms with E-state index in [1.54, 1.807) is 6.20 Å². The van der Waals surface area contributed by atoms with Crippen molar-refractivity contribution in [3.05, 3.63) is 76.4 Å². The molecule has 0 aliphatic heterocycles. The highest BCUT2D eigenvalue weighted by Gasteiger charge is 2.10. The number of rotatable bonds is 3. The number of benzene rings is 2. The molecule has 1 heterocycles. The minimum Gasteiger partial charge on any atom is -0.388 e. The molecule has 2 aromatic carbocycles. The Kier molecular flexibility index (Phi) is 3.81. The fourth-order valence-corrected chi connectivity index (χ4v) is 2.50. The summed E-state index contributed by atoms with van der Waals surface area (Å²) >= 11 is 3.41. The smallest absolute Gasteiger partial charge is 0.0845 e. The molecule has 0 fully saturated rings. The molecule has 3 rings (SSSR count). The van der Waals surface area contributed by atoms with Crippen molar-refractivity contribution < 1.29 is 5.11 Å². The van der Waals surface area contributed by atoms with Gasteiger partial charge in [-0.3, -0.25) is 4.98 Å². The van der Waals surface area contributed by atoms with Gasteiger partial charge in [0.2, 0.25) is 0 Å². The first-order chi connectivity index (χ1) is 9.72. The van der Waals surface area contributed by atoms with Crippen molar-refractivity contribution in [1.82, 2.24) is 4.98 Å². The van der Waals surface area contributed by atoms with Gasteiger partial charge in [0.05, 0.1) is 11.6 Å². The van der Waals surface area contributed by atoms with E-state index in [1.165, 1.54) is 0 Å². The summed E-state index contributed by atoms with van der Waals surface area (Å²) in [7, 11) is 0. The highest BCUT2D eigenvalue weighted by molar-refractivity contribution is 9.10. The van der Waals surface area contributed by atoms with Crippen LogP contribution in [-0.2, 0) is 6.42 Å². The largest absolute Gasteiger partial charge is 0.388 e. The maximum absolute atomic E-state index is 10.4. The third-order valence-corrected chi connectivity index (χ3v) is 3.87. The summed E-state index contributed by atoms with van der Waals surface area (Å²) < 4.78 is 1.04. The van der Waals surface area contributed by atoms with Crippen LogP contribution in [0.15, 0.2) is 65.3 Å². The number of aromatic nitrogens is 1. The number of halogens is 1. The fourth-order valence-electron chi connectivity index (χ4n) is 2.23. The van der Waals surface area contributed by atoms with E-state index in [0.717, 1.165) is 26.5 Å². The van der Waals surface area contributed by atoms with Gasteiger partial charge in [0, 0.05) is 22.5 Å². The van der Waals surface area contributed by atoms with Crippen LogP contribution in [0, 0.1) is 0 Å². The second-order valence-electron chi connectivity index (χ2n) is 4.81. The van der Waals surface area contributed by atoms with Crippen LogP contribution in [-0.4, -0.2) is 10.1 Å². The lowest BCUT2D eigenvalue weighted by Crippen LogP contribution is -2.02. The lowest BCUT2D eigenvalue weighted by Gasteiger charge is -2.11. The Labute approximate surface area is 126 Å². The average molecular weight is 328 g/mol. The molecule has 0 saturated heterocycles. The van der Waals surface area contributed by atoms with Crippen molar-refractivity contribution in [2.75, 3.05) is 0 Å². The number of nitrogens with zero attached hydrogens (tertiary/aromatic N) is 1. The Balaban J connectivity index is 1.84. The lowest BCUT2D eigenvalue weighted by molar-refractivity contribution is 0.178. The number of para-hydroxylation sites is 1. The van der Waals surface area contributed by atoms with Gasteiger partial charge in [-0.2, -0.15) is 0 Å². The topological polar surface area (TPSA) is 33.1 Å². The molecule has 2 nitrogen and oxygen atoms in total. The van der Waals surface area contributed by atoms with Crippen molar-refractivity contribution in [2.45, 2.75) is 12.5 Å². The molecule has 100 valence electrons. The van der Waals surface area contributed by atoms with Gasteiger partial charge < -0.3 is 5.11 Å². The highest BCUT2D eigenvalue weighted by atomic mass is 79.9. The Morgan fingerprint density at radius 3 is 2.60 bits per heavy atom. The lowest BCUT2D eigenvalue weighted by atomic mass is 10.0. The van der Waals surface area contributed by atoms with Crippen LogP contribution in [0.2, 0.25) is 0 Å². The van der Waals surface area contributed by atoms with E-state index in [2.05, 4.69) is 20.9 Å². The maximum atomic E-state index is 10.4. The quantitative estimate of drug-likeness (QED) is 0.779. The van der Waals surface area contributed by atoms with Gasteiger partial charge in [0.1, 0.15) is 0 Å². The molecule has 20 heavy (non-hydrogen) atoms. The normalized spacial score (nSPS) is 12.5. The molecule has 0 bridgehead atoms. The van der Waals surface area contributed by atoms with E-state index >= 15 is 0 Å². The van der Waals surface area contributed by atoms with Crippen molar-refractivity contribution >= 4 is 26.8 Å². The number of hydrogen-bond acceptors (Lipinski definition) is 2. The highest BCUT2D eigenvalue weighted by Crippen LogP contribution is 2.22. The minimum atomic E-state index is -0.534. The third kappa shape index (κ3) is 2.89. The Bertz CT molecular complexity index is 724. The van der Waals surface area contributed by atoms with E-state index in [-0.39, 0.29) is 0 Å². The zero-order valence-electron chi connectivity index (χ0n) is 10.8. The second-order valence-corrected chi connectivity index (χ2v) is 5.72. The Morgan fingerprint density at radius 2 is 1.80 bits per heavy atom. The maximum Gasteiger partial charge on any atom is 0.0845 e. The molecule has 0 aliphatic rings. The summed E-state index contributed by atoms with van der Waals surface area (Å²) in [6.07, 6.45) is 1.81. The zero-order valence-corrected chi connectivity index (χ0v) is 12.4. The molecule has 1 atom stereocenters. The van der Waals surface area contributed by atoms with Crippen molar-refractivity contribution in [2.24, 2.45) is 0 Å². The number of pyridine rings is 1. The summed E-state index contributed by atoms with van der Waals surface area (Å²) in [5.74, 6) is 0. The standard InChI is InChI=1S/C17H14BrNO/c18-15-7-5-12(6-8-15)9-17(20)14-10-13-3-1-2-4-16(13)19-11-14/h1-8,10-11,17,20H,9H2. The van der Waals surface area contributed by atoms with E-state index in [9.17, 15) is 5.11 Å². The van der Waals surface area contributed by atoms with Crippen LogP contribution in [0.3, 0.4) is 0 Å². The minimum absolute atomic E-state index is 0.534. The first-order valence-electron chi connectivity index (χ1n) is 6.49. The SMILES string of the molecule is OC(Cc1ccc(Br)cc1)c1cnc2ccccc2c1. The summed E-state index contributed by atoms with van der Waals surface area (Å²) in [6, 6.07) is 17.9. The molecule has 1 unspecified atom stereocenters. The molecular weight excluding hydrogens is 314 g/mol. The summed E-state index contributed by atoms with van der Waals surface area (Å²) in [5.41, 5.74) is 2.91. The van der Waals surface area contributed by atoms with E-state index < -0.39 is 6.10 Å². The zero-order chi connectivity index (χ0) is 13.9.